The van der Waals surface area contributed by atoms with Gasteiger partial charge in [0.15, 0.2) is 0 Å². The Morgan fingerprint density at radius 1 is 1.22 bits per heavy atom. The van der Waals surface area contributed by atoms with Gasteiger partial charge in [0, 0.05) is 18.8 Å². The molecule has 0 aliphatic heterocycles. The minimum Gasteiger partial charge on any atom is -0.385 e. The van der Waals surface area contributed by atoms with Crippen LogP contribution in [0.5, 0.6) is 0 Å². The third-order valence-corrected chi connectivity index (χ3v) is 2.65. The third kappa shape index (κ3) is 5.40. The van der Waals surface area contributed by atoms with Crippen LogP contribution in [-0.4, -0.2) is 25.9 Å². The number of alkyl halides is 3. The van der Waals surface area contributed by atoms with Gasteiger partial charge in [0.05, 0.1) is 0 Å². The minimum absolute atomic E-state index is 0.109. The van der Waals surface area contributed by atoms with Gasteiger partial charge in [0.1, 0.15) is 6.61 Å². The smallest absolute Gasteiger partial charge is 0.385 e. The SMILES string of the molecule is Cc1cccc(NCCCOCC(F)(F)F)c1C. The number of nitrogens with one attached hydrogen (secondary N) is 1. The summed E-state index contributed by atoms with van der Waals surface area (Å²) in [6.07, 6.45) is -3.69. The molecule has 0 aliphatic carbocycles. The van der Waals surface area contributed by atoms with Gasteiger partial charge in [0.2, 0.25) is 0 Å². The van der Waals surface area contributed by atoms with E-state index in [1.807, 2.05) is 32.0 Å². The first-order valence-corrected chi connectivity index (χ1v) is 5.85. The van der Waals surface area contributed by atoms with Crippen LogP contribution in [0.2, 0.25) is 0 Å². The zero-order valence-electron chi connectivity index (χ0n) is 10.6. The molecule has 1 aromatic rings. The van der Waals surface area contributed by atoms with E-state index in [0.29, 0.717) is 13.0 Å². The lowest BCUT2D eigenvalue weighted by atomic mass is 10.1. The molecule has 0 aliphatic rings. The van der Waals surface area contributed by atoms with Crippen molar-refractivity contribution in [1.29, 1.82) is 0 Å². The van der Waals surface area contributed by atoms with Crippen molar-refractivity contribution in [2.75, 3.05) is 25.1 Å². The maximum atomic E-state index is 11.8. The molecule has 0 spiro atoms. The highest BCUT2D eigenvalue weighted by molar-refractivity contribution is 5.53. The summed E-state index contributed by atoms with van der Waals surface area (Å²) in [4.78, 5) is 0. The summed E-state index contributed by atoms with van der Waals surface area (Å²) in [5, 5.41) is 3.19. The van der Waals surface area contributed by atoms with Gasteiger partial charge in [-0.05, 0) is 37.5 Å². The van der Waals surface area contributed by atoms with Gasteiger partial charge in [-0.25, -0.2) is 0 Å². The number of ether oxygens (including phenoxy) is 1. The molecule has 0 aromatic heterocycles. The number of anilines is 1. The molecule has 0 saturated heterocycles. The van der Waals surface area contributed by atoms with Crippen LogP contribution in [0.15, 0.2) is 18.2 Å². The molecule has 0 atom stereocenters. The highest BCUT2D eigenvalue weighted by Gasteiger charge is 2.27. The van der Waals surface area contributed by atoms with Gasteiger partial charge < -0.3 is 10.1 Å². The van der Waals surface area contributed by atoms with Crippen molar-refractivity contribution in [3.63, 3.8) is 0 Å². The molecule has 0 fully saturated rings. The molecule has 0 heterocycles. The van der Waals surface area contributed by atoms with Crippen molar-refractivity contribution >= 4 is 5.69 Å². The maximum Gasteiger partial charge on any atom is 0.411 e. The molecular formula is C13H18F3NO. The van der Waals surface area contributed by atoms with Gasteiger partial charge >= 0.3 is 6.18 Å². The van der Waals surface area contributed by atoms with Gasteiger partial charge in [-0.1, -0.05) is 12.1 Å². The van der Waals surface area contributed by atoms with Crippen LogP contribution in [0.4, 0.5) is 18.9 Å². The number of hydrogen-bond acceptors (Lipinski definition) is 2. The molecule has 1 N–H and O–H groups in total. The molecule has 0 radical (unpaired) electrons. The Hall–Kier alpha value is -1.23. The van der Waals surface area contributed by atoms with Gasteiger partial charge in [0.25, 0.3) is 0 Å². The van der Waals surface area contributed by atoms with Crippen LogP contribution in [-0.2, 0) is 4.74 Å². The summed E-state index contributed by atoms with van der Waals surface area (Å²) in [5.41, 5.74) is 3.37. The Morgan fingerprint density at radius 2 is 1.94 bits per heavy atom. The lowest BCUT2D eigenvalue weighted by Gasteiger charge is -2.12. The van der Waals surface area contributed by atoms with E-state index in [1.165, 1.54) is 5.56 Å². The molecule has 5 heteroatoms. The second kappa shape index (κ2) is 6.64. The number of aryl methyl sites for hydroxylation is 1. The van der Waals surface area contributed by atoms with E-state index in [4.69, 9.17) is 0 Å². The summed E-state index contributed by atoms with van der Waals surface area (Å²) in [5.74, 6) is 0. The fourth-order valence-corrected chi connectivity index (χ4v) is 1.53. The second-order valence-corrected chi connectivity index (χ2v) is 4.20. The first-order valence-electron chi connectivity index (χ1n) is 5.85. The molecule has 0 unspecified atom stereocenters. The third-order valence-electron chi connectivity index (χ3n) is 2.65. The largest absolute Gasteiger partial charge is 0.411 e. The number of rotatable bonds is 6. The predicted molar refractivity (Wildman–Crippen MR) is 65.9 cm³/mol. The van der Waals surface area contributed by atoms with E-state index in [0.717, 1.165) is 11.3 Å². The molecule has 18 heavy (non-hydrogen) atoms. The summed E-state index contributed by atoms with van der Waals surface area (Å²) in [6, 6.07) is 5.93. The summed E-state index contributed by atoms with van der Waals surface area (Å²) >= 11 is 0. The van der Waals surface area contributed by atoms with Crippen molar-refractivity contribution in [1.82, 2.24) is 0 Å². The summed E-state index contributed by atoms with van der Waals surface area (Å²) in [6.45, 7) is 3.57. The Morgan fingerprint density at radius 3 is 2.61 bits per heavy atom. The highest BCUT2D eigenvalue weighted by atomic mass is 19.4. The van der Waals surface area contributed by atoms with Crippen molar-refractivity contribution in [2.24, 2.45) is 0 Å². The van der Waals surface area contributed by atoms with E-state index in [1.54, 1.807) is 0 Å². The van der Waals surface area contributed by atoms with Crippen LogP contribution in [0.1, 0.15) is 17.5 Å². The lowest BCUT2D eigenvalue weighted by Crippen LogP contribution is -2.18. The fourth-order valence-electron chi connectivity index (χ4n) is 1.53. The normalized spacial score (nSPS) is 11.6. The average molecular weight is 261 g/mol. The molecule has 1 aromatic carbocycles. The molecule has 2 nitrogen and oxygen atoms in total. The molecule has 0 amide bonds. The average Bonchev–Trinajstić information content (AvgIpc) is 2.27. The zero-order chi connectivity index (χ0) is 13.6. The summed E-state index contributed by atoms with van der Waals surface area (Å²) < 4.78 is 39.9. The zero-order valence-corrected chi connectivity index (χ0v) is 10.6. The molecule has 102 valence electrons. The predicted octanol–water partition coefficient (Wildman–Crippen LogP) is 3.68. The van der Waals surface area contributed by atoms with Crippen LogP contribution >= 0.6 is 0 Å². The Balaban J connectivity index is 2.20. The number of benzene rings is 1. The first-order chi connectivity index (χ1) is 8.40. The van der Waals surface area contributed by atoms with Crippen LogP contribution in [0, 0.1) is 13.8 Å². The van der Waals surface area contributed by atoms with E-state index >= 15 is 0 Å². The van der Waals surface area contributed by atoms with Gasteiger partial charge in [-0.15, -0.1) is 0 Å². The van der Waals surface area contributed by atoms with Crippen molar-refractivity contribution in [2.45, 2.75) is 26.4 Å². The number of halogens is 3. The van der Waals surface area contributed by atoms with E-state index in [9.17, 15) is 13.2 Å². The van der Waals surface area contributed by atoms with Crippen LogP contribution in [0.3, 0.4) is 0 Å². The van der Waals surface area contributed by atoms with Gasteiger partial charge in [-0.3, -0.25) is 0 Å². The molecule has 1 rings (SSSR count). The molecule has 0 bridgehead atoms. The molecular weight excluding hydrogens is 243 g/mol. The van der Waals surface area contributed by atoms with Crippen molar-refractivity contribution in [3.8, 4) is 0 Å². The standard InChI is InChI=1S/C13H18F3NO/c1-10-5-3-6-12(11(10)2)17-7-4-8-18-9-13(14,15)16/h3,5-6,17H,4,7-9H2,1-2H3. The quantitative estimate of drug-likeness (QED) is 0.789. The fraction of sp³-hybridized carbons (Fsp3) is 0.538. The minimum atomic E-state index is -4.24. The monoisotopic (exact) mass is 261 g/mol. The Bertz CT molecular complexity index is 377. The Kier molecular flexibility index (Phi) is 5.47. The van der Waals surface area contributed by atoms with Crippen LogP contribution in [0.25, 0.3) is 0 Å². The Labute approximate surface area is 105 Å². The van der Waals surface area contributed by atoms with Crippen LogP contribution < -0.4 is 5.32 Å². The van der Waals surface area contributed by atoms with Gasteiger partial charge in [-0.2, -0.15) is 13.2 Å². The maximum absolute atomic E-state index is 11.8. The topological polar surface area (TPSA) is 21.3 Å². The lowest BCUT2D eigenvalue weighted by molar-refractivity contribution is -0.173. The molecule has 0 saturated carbocycles. The second-order valence-electron chi connectivity index (χ2n) is 4.20. The highest BCUT2D eigenvalue weighted by Crippen LogP contribution is 2.18. The van der Waals surface area contributed by atoms with E-state index < -0.39 is 12.8 Å². The van der Waals surface area contributed by atoms with Crippen molar-refractivity contribution in [3.05, 3.63) is 29.3 Å². The van der Waals surface area contributed by atoms with E-state index in [-0.39, 0.29) is 6.61 Å². The van der Waals surface area contributed by atoms with E-state index in [2.05, 4.69) is 10.1 Å². The summed E-state index contributed by atoms with van der Waals surface area (Å²) in [7, 11) is 0. The first kappa shape index (κ1) is 14.8. The van der Waals surface area contributed by atoms with Crippen molar-refractivity contribution < 1.29 is 17.9 Å². The number of hydrogen-bond donors (Lipinski definition) is 1.